The smallest absolute Gasteiger partial charge is 0.256 e. The molecule has 2 aliphatic rings. The van der Waals surface area contributed by atoms with Crippen molar-refractivity contribution >= 4 is 23.4 Å². The van der Waals surface area contributed by atoms with E-state index in [4.69, 9.17) is 11.6 Å². The molecule has 2 amide bonds. The molecule has 35 heavy (non-hydrogen) atoms. The lowest BCUT2D eigenvalue weighted by atomic mass is 10.0. The Bertz CT molecular complexity index is 1190. The van der Waals surface area contributed by atoms with E-state index in [1.54, 1.807) is 0 Å². The van der Waals surface area contributed by atoms with Gasteiger partial charge in [-0.05, 0) is 42.2 Å². The summed E-state index contributed by atoms with van der Waals surface area (Å²) < 4.78 is 13.8. The molecule has 2 saturated heterocycles. The highest BCUT2D eigenvalue weighted by molar-refractivity contribution is 6.33. The van der Waals surface area contributed by atoms with Crippen LogP contribution in [0, 0.1) is 5.82 Å². The number of benzene rings is 3. The van der Waals surface area contributed by atoms with Gasteiger partial charge in [-0.15, -0.1) is 0 Å². The maximum atomic E-state index is 13.8. The van der Waals surface area contributed by atoms with Crippen LogP contribution in [0.25, 0.3) is 0 Å². The van der Waals surface area contributed by atoms with Crippen LogP contribution in [0.5, 0.6) is 0 Å². The molecule has 0 radical (unpaired) electrons. The molecular formula is C28H27ClFN3O2. The van der Waals surface area contributed by atoms with Crippen LogP contribution in [0.4, 0.5) is 4.39 Å². The maximum absolute atomic E-state index is 13.8. The van der Waals surface area contributed by atoms with Crippen molar-refractivity contribution in [3.63, 3.8) is 0 Å². The number of fused-ring (bicyclic) bond motifs is 2. The zero-order chi connectivity index (χ0) is 24.4. The Morgan fingerprint density at radius 2 is 1.57 bits per heavy atom. The van der Waals surface area contributed by atoms with Gasteiger partial charge in [-0.1, -0.05) is 72.3 Å². The highest BCUT2D eigenvalue weighted by atomic mass is 35.5. The van der Waals surface area contributed by atoms with Gasteiger partial charge in [-0.2, -0.15) is 0 Å². The Kier molecular flexibility index (Phi) is 6.84. The van der Waals surface area contributed by atoms with Crippen molar-refractivity contribution in [3.8, 4) is 0 Å². The van der Waals surface area contributed by atoms with E-state index in [9.17, 15) is 14.0 Å². The van der Waals surface area contributed by atoms with Gasteiger partial charge in [-0.25, -0.2) is 4.39 Å². The molecule has 3 atom stereocenters. The molecule has 0 spiro atoms. The number of amides is 2. The van der Waals surface area contributed by atoms with Crippen LogP contribution in [0.2, 0.25) is 5.02 Å². The number of hydrogen-bond acceptors (Lipinski definition) is 3. The number of nitrogens with one attached hydrogen (secondary N) is 1. The fraction of sp³-hybridized carbons (Fsp3) is 0.286. The summed E-state index contributed by atoms with van der Waals surface area (Å²) in [7, 11) is 0. The molecule has 2 bridgehead atoms. The summed E-state index contributed by atoms with van der Waals surface area (Å²) in [4.78, 5) is 30.9. The standard InChI is InChI=1S/C28H27ClFN3O2/c29-25-14-11-21(30)15-24(25)28(35)33-22-12-13-23(33)18-32(17-22)26(20-9-5-2-6-10-20)27(34)31-16-19-7-3-1-4-8-19/h1-11,14-15,22-23,26H,12-13,16-18H2,(H,31,34)/t22?,23?,26-/m1/s1. The maximum Gasteiger partial charge on any atom is 0.256 e. The van der Waals surface area contributed by atoms with Crippen molar-refractivity contribution in [1.82, 2.24) is 15.1 Å². The fourth-order valence-electron chi connectivity index (χ4n) is 5.32. The van der Waals surface area contributed by atoms with Gasteiger partial charge >= 0.3 is 0 Å². The number of rotatable bonds is 6. The first kappa shape index (κ1) is 23.5. The number of likely N-dealkylation sites (tertiary alicyclic amines) is 1. The van der Waals surface area contributed by atoms with E-state index in [-0.39, 0.29) is 34.5 Å². The Morgan fingerprint density at radius 3 is 2.23 bits per heavy atom. The van der Waals surface area contributed by atoms with Crippen LogP contribution >= 0.6 is 11.6 Å². The van der Waals surface area contributed by atoms with Crippen LogP contribution in [0.15, 0.2) is 78.9 Å². The SMILES string of the molecule is O=C(NCc1ccccc1)[C@@H](c1ccccc1)N1CC2CCC(C1)N2C(=O)c1cc(F)ccc1Cl. The molecule has 0 aromatic heterocycles. The van der Waals surface area contributed by atoms with E-state index < -0.39 is 11.9 Å². The summed E-state index contributed by atoms with van der Waals surface area (Å²) in [6, 6.07) is 22.9. The van der Waals surface area contributed by atoms with Crippen molar-refractivity contribution in [2.45, 2.75) is 37.5 Å². The summed E-state index contributed by atoms with van der Waals surface area (Å²) in [6.45, 7) is 1.58. The quantitative estimate of drug-likeness (QED) is 0.537. The van der Waals surface area contributed by atoms with Crippen molar-refractivity contribution < 1.29 is 14.0 Å². The van der Waals surface area contributed by atoms with Gasteiger partial charge in [0, 0.05) is 31.7 Å². The third kappa shape index (κ3) is 4.95. The highest BCUT2D eigenvalue weighted by Gasteiger charge is 2.46. The zero-order valence-corrected chi connectivity index (χ0v) is 20.0. The summed E-state index contributed by atoms with van der Waals surface area (Å²) >= 11 is 6.23. The Morgan fingerprint density at radius 1 is 0.943 bits per heavy atom. The lowest BCUT2D eigenvalue weighted by Gasteiger charge is -2.44. The molecule has 2 heterocycles. The molecule has 5 rings (SSSR count). The summed E-state index contributed by atoms with van der Waals surface area (Å²) in [6.07, 6.45) is 1.68. The zero-order valence-electron chi connectivity index (χ0n) is 19.2. The number of halogens is 2. The first-order chi connectivity index (χ1) is 17.0. The highest BCUT2D eigenvalue weighted by Crippen LogP contribution is 2.36. The molecule has 0 aliphatic carbocycles. The van der Waals surface area contributed by atoms with Crippen molar-refractivity contribution in [2.24, 2.45) is 0 Å². The van der Waals surface area contributed by atoms with Crippen molar-refractivity contribution in [1.29, 1.82) is 0 Å². The third-order valence-electron chi connectivity index (χ3n) is 6.94. The average molecular weight is 492 g/mol. The first-order valence-electron chi connectivity index (χ1n) is 11.9. The monoisotopic (exact) mass is 491 g/mol. The summed E-state index contributed by atoms with van der Waals surface area (Å²) in [5.41, 5.74) is 2.15. The van der Waals surface area contributed by atoms with E-state index in [1.165, 1.54) is 18.2 Å². The van der Waals surface area contributed by atoms with E-state index >= 15 is 0 Å². The molecule has 3 aromatic rings. The predicted octanol–water partition coefficient (Wildman–Crippen LogP) is 4.83. The molecule has 2 aliphatic heterocycles. The molecule has 0 saturated carbocycles. The molecule has 2 fully saturated rings. The topological polar surface area (TPSA) is 52.7 Å². The molecule has 3 aromatic carbocycles. The minimum absolute atomic E-state index is 0.0614. The van der Waals surface area contributed by atoms with Crippen LogP contribution < -0.4 is 5.32 Å². The van der Waals surface area contributed by atoms with Gasteiger partial charge in [-0.3, -0.25) is 14.5 Å². The minimum Gasteiger partial charge on any atom is -0.350 e. The van der Waals surface area contributed by atoms with Gasteiger partial charge in [0.1, 0.15) is 11.9 Å². The predicted molar refractivity (Wildman–Crippen MR) is 133 cm³/mol. The second-order valence-electron chi connectivity index (χ2n) is 9.19. The second-order valence-corrected chi connectivity index (χ2v) is 9.60. The van der Waals surface area contributed by atoms with Gasteiger partial charge < -0.3 is 10.2 Å². The molecule has 180 valence electrons. The molecule has 1 N–H and O–H groups in total. The van der Waals surface area contributed by atoms with Gasteiger partial charge in [0.05, 0.1) is 10.6 Å². The number of carbonyl (C=O) groups excluding carboxylic acids is 2. The summed E-state index contributed by atoms with van der Waals surface area (Å²) in [5.74, 6) is -0.790. The van der Waals surface area contributed by atoms with Crippen LogP contribution in [0.1, 0.15) is 40.4 Å². The Balaban J connectivity index is 1.36. The summed E-state index contributed by atoms with van der Waals surface area (Å²) in [5, 5.41) is 3.35. The van der Waals surface area contributed by atoms with Crippen LogP contribution in [0.3, 0.4) is 0 Å². The molecular weight excluding hydrogens is 465 g/mol. The van der Waals surface area contributed by atoms with Crippen molar-refractivity contribution in [3.05, 3.63) is 106 Å². The second kappa shape index (κ2) is 10.2. The Labute approximate surface area is 209 Å². The molecule has 5 nitrogen and oxygen atoms in total. The number of nitrogens with zero attached hydrogens (tertiary/aromatic N) is 2. The van der Waals surface area contributed by atoms with Gasteiger partial charge in [0.15, 0.2) is 0 Å². The average Bonchev–Trinajstić information content (AvgIpc) is 3.15. The van der Waals surface area contributed by atoms with Gasteiger partial charge in [0.2, 0.25) is 5.91 Å². The van der Waals surface area contributed by atoms with E-state index in [0.29, 0.717) is 19.6 Å². The minimum atomic E-state index is -0.483. The Hall–Kier alpha value is -3.22. The van der Waals surface area contributed by atoms with Crippen LogP contribution in [-0.2, 0) is 11.3 Å². The van der Waals surface area contributed by atoms with Crippen molar-refractivity contribution in [2.75, 3.05) is 13.1 Å². The largest absolute Gasteiger partial charge is 0.350 e. The number of piperazine rings is 1. The molecule has 2 unspecified atom stereocenters. The lowest BCUT2D eigenvalue weighted by Crippen LogP contribution is -2.58. The first-order valence-corrected chi connectivity index (χ1v) is 12.3. The normalized spacial score (nSPS) is 20.5. The van der Waals surface area contributed by atoms with E-state index in [0.717, 1.165) is 24.0 Å². The fourth-order valence-corrected chi connectivity index (χ4v) is 5.52. The van der Waals surface area contributed by atoms with Gasteiger partial charge in [0.25, 0.3) is 5.91 Å². The van der Waals surface area contributed by atoms with E-state index in [1.807, 2.05) is 65.6 Å². The lowest BCUT2D eigenvalue weighted by molar-refractivity contribution is -0.128. The van der Waals surface area contributed by atoms with Crippen LogP contribution in [-0.4, -0.2) is 46.8 Å². The number of carbonyl (C=O) groups is 2. The third-order valence-corrected chi connectivity index (χ3v) is 7.27. The molecule has 7 heteroatoms. The number of hydrogen-bond donors (Lipinski definition) is 1. The van der Waals surface area contributed by atoms with E-state index in [2.05, 4.69) is 10.2 Å².